The number of carbonyl (C=O) groups excluding carboxylic acids is 1. The predicted molar refractivity (Wildman–Crippen MR) is 93.9 cm³/mol. The highest BCUT2D eigenvalue weighted by Gasteiger charge is 2.24. The topological polar surface area (TPSA) is 50.8 Å². The minimum absolute atomic E-state index is 0.0790. The van der Waals surface area contributed by atoms with Crippen molar-refractivity contribution in [1.29, 1.82) is 0 Å². The van der Waals surface area contributed by atoms with E-state index >= 15 is 0 Å². The number of hydrogen-bond donors (Lipinski definition) is 1. The molecule has 1 N–H and O–H groups in total. The van der Waals surface area contributed by atoms with Crippen molar-refractivity contribution in [2.24, 2.45) is 0 Å². The zero-order valence-corrected chi connectivity index (χ0v) is 14.7. The molecule has 1 amide bonds. The van der Waals surface area contributed by atoms with Gasteiger partial charge in [0.25, 0.3) is 5.91 Å². The number of rotatable bonds is 5. The Morgan fingerprint density at radius 2 is 1.83 bits per heavy atom. The first-order valence-electron chi connectivity index (χ1n) is 9.02. The van der Waals surface area contributed by atoms with Gasteiger partial charge in [-0.15, -0.1) is 0 Å². The average molecular weight is 332 g/mol. The quantitative estimate of drug-likeness (QED) is 0.901. The second-order valence-electron chi connectivity index (χ2n) is 6.75. The van der Waals surface area contributed by atoms with Crippen LogP contribution in [0.2, 0.25) is 0 Å². The van der Waals surface area contributed by atoms with E-state index in [1.807, 2.05) is 30.1 Å². The number of likely N-dealkylation sites (tertiary alicyclic amines) is 1. The van der Waals surface area contributed by atoms with Gasteiger partial charge in [0.1, 0.15) is 0 Å². The molecule has 1 aromatic carbocycles. The molecule has 0 atom stereocenters. The summed E-state index contributed by atoms with van der Waals surface area (Å²) in [6.07, 6.45) is 6.94. The SMILES string of the molecule is CNC1CCN(C(=O)c2ccc(OC3CCCC3)c(OC)c2)CC1. The number of ether oxygens (including phenoxy) is 2. The highest BCUT2D eigenvalue weighted by molar-refractivity contribution is 5.95. The van der Waals surface area contributed by atoms with Crippen LogP contribution >= 0.6 is 0 Å². The second-order valence-corrected chi connectivity index (χ2v) is 6.75. The lowest BCUT2D eigenvalue weighted by Gasteiger charge is -2.32. The molecule has 24 heavy (non-hydrogen) atoms. The molecule has 1 aliphatic heterocycles. The van der Waals surface area contributed by atoms with Gasteiger partial charge in [0, 0.05) is 24.7 Å². The Morgan fingerprint density at radius 3 is 2.46 bits per heavy atom. The smallest absolute Gasteiger partial charge is 0.253 e. The van der Waals surface area contributed by atoms with Crippen LogP contribution in [-0.4, -0.2) is 50.2 Å². The molecular weight excluding hydrogens is 304 g/mol. The third-order valence-electron chi connectivity index (χ3n) is 5.20. The first-order valence-corrected chi connectivity index (χ1v) is 9.02. The highest BCUT2D eigenvalue weighted by Crippen LogP contribution is 2.32. The number of amides is 1. The number of nitrogens with zero attached hydrogens (tertiary/aromatic N) is 1. The van der Waals surface area contributed by atoms with Crippen molar-refractivity contribution in [1.82, 2.24) is 10.2 Å². The Hall–Kier alpha value is -1.75. The molecular formula is C19H28N2O3. The molecule has 1 heterocycles. The summed E-state index contributed by atoms with van der Waals surface area (Å²) in [6, 6.07) is 6.08. The molecule has 1 saturated heterocycles. The lowest BCUT2D eigenvalue weighted by Crippen LogP contribution is -2.43. The fourth-order valence-corrected chi connectivity index (χ4v) is 3.64. The second kappa shape index (κ2) is 7.88. The number of carbonyl (C=O) groups is 1. The summed E-state index contributed by atoms with van der Waals surface area (Å²) in [6.45, 7) is 1.60. The maximum atomic E-state index is 12.7. The van der Waals surface area contributed by atoms with Crippen LogP contribution < -0.4 is 14.8 Å². The van der Waals surface area contributed by atoms with Crippen LogP contribution in [0.3, 0.4) is 0 Å². The summed E-state index contributed by atoms with van der Waals surface area (Å²) in [5.74, 6) is 1.47. The summed E-state index contributed by atoms with van der Waals surface area (Å²) in [5.41, 5.74) is 0.675. The Kier molecular flexibility index (Phi) is 5.61. The molecule has 1 saturated carbocycles. The number of benzene rings is 1. The van der Waals surface area contributed by atoms with Gasteiger partial charge < -0.3 is 19.7 Å². The third-order valence-corrected chi connectivity index (χ3v) is 5.20. The fraction of sp³-hybridized carbons (Fsp3) is 0.632. The molecule has 0 aromatic heterocycles. The summed E-state index contributed by atoms with van der Waals surface area (Å²) in [4.78, 5) is 14.7. The molecule has 3 rings (SSSR count). The van der Waals surface area contributed by atoms with E-state index < -0.39 is 0 Å². The molecule has 2 fully saturated rings. The van der Waals surface area contributed by atoms with E-state index in [9.17, 15) is 4.79 Å². The first-order chi connectivity index (χ1) is 11.7. The van der Waals surface area contributed by atoms with Crippen LogP contribution in [0.15, 0.2) is 18.2 Å². The van der Waals surface area contributed by atoms with E-state index in [2.05, 4.69) is 5.32 Å². The van der Waals surface area contributed by atoms with E-state index in [1.54, 1.807) is 7.11 Å². The third kappa shape index (κ3) is 3.83. The fourth-order valence-electron chi connectivity index (χ4n) is 3.64. The molecule has 0 bridgehead atoms. The Bertz CT molecular complexity index is 562. The molecule has 2 aliphatic rings. The summed E-state index contributed by atoms with van der Waals surface area (Å²) in [7, 11) is 3.61. The number of methoxy groups -OCH3 is 1. The minimum atomic E-state index is 0.0790. The molecule has 132 valence electrons. The Balaban J connectivity index is 1.68. The first kappa shape index (κ1) is 17.1. The van der Waals surface area contributed by atoms with E-state index in [0.717, 1.165) is 44.5 Å². The molecule has 0 spiro atoms. The van der Waals surface area contributed by atoms with Gasteiger partial charge in [0.15, 0.2) is 11.5 Å². The van der Waals surface area contributed by atoms with Crippen LogP contribution in [0.25, 0.3) is 0 Å². The van der Waals surface area contributed by atoms with E-state index in [0.29, 0.717) is 17.4 Å². The molecule has 5 nitrogen and oxygen atoms in total. The predicted octanol–water partition coefficient (Wildman–Crippen LogP) is 2.84. The minimum Gasteiger partial charge on any atom is -0.493 e. The lowest BCUT2D eigenvalue weighted by atomic mass is 10.0. The number of nitrogens with one attached hydrogen (secondary N) is 1. The van der Waals surface area contributed by atoms with Crippen molar-refractivity contribution in [3.8, 4) is 11.5 Å². The van der Waals surface area contributed by atoms with Crippen molar-refractivity contribution in [2.45, 2.75) is 50.7 Å². The molecule has 1 aliphatic carbocycles. The van der Waals surface area contributed by atoms with Gasteiger partial charge in [-0.05, 0) is 63.8 Å². The van der Waals surface area contributed by atoms with Crippen LogP contribution in [-0.2, 0) is 0 Å². The maximum absolute atomic E-state index is 12.7. The number of piperidine rings is 1. The van der Waals surface area contributed by atoms with E-state index in [4.69, 9.17) is 9.47 Å². The van der Waals surface area contributed by atoms with Crippen molar-refractivity contribution in [3.63, 3.8) is 0 Å². The van der Waals surface area contributed by atoms with Gasteiger partial charge in [-0.1, -0.05) is 0 Å². The van der Waals surface area contributed by atoms with Gasteiger partial charge in [-0.3, -0.25) is 4.79 Å². The largest absolute Gasteiger partial charge is 0.493 e. The van der Waals surface area contributed by atoms with Crippen LogP contribution in [0.1, 0.15) is 48.9 Å². The molecule has 0 radical (unpaired) electrons. The average Bonchev–Trinajstić information content (AvgIpc) is 3.14. The van der Waals surface area contributed by atoms with Crippen LogP contribution in [0, 0.1) is 0 Å². The maximum Gasteiger partial charge on any atom is 0.253 e. The summed E-state index contributed by atoms with van der Waals surface area (Å²) in [5, 5.41) is 3.29. The van der Waals surface area contributed by atoms with Gasteiger partial charge in [0.2, 0.25) is 0 Å². The van der Waals surface area contributed by atoms with Crippen molar-refractivity contribution >= 4 is 5.91 Å². The monoisotopic (exact) mass is 332 g/mol. The molecule has 5 heteroatoms. The standard InChI is InChI=1S/C19H28N2O3/c1-20-15-9-11-21(12-10-15)19(22)14-7-8-17(18(13-14)23-2)24-16-5-3-4-6-16/h7-8,13,15-16,20H,3-6,9-12H2,1-2H3. The van der Waals surface area contributed by atoms with E-state index in [1.165, 1.54) is 12.8 Å². The normalized spacial score (nSPS) is 19.5. The van der Waals surface area contributed by atoms with Crippen molar-refractivity contribution < 1.29 is 14.3 Å². The van der Waals surface area contributed by atoms with Crippen LogP contribution in [0.4, 0.5) is 0 Å². The van der Waals surface area contributed by atoms with Crippen molar-refractivity contribution in [3.05, 3.63) is 23.8 Å². The van der Waals surface area contributed by atoms with Crippen LogP contribution in [0.5, 0.6) is 11.5 Å². The zero-order valence-electron chi connectivity index (χ0n) is 14.7. The Labute approximate surface area is 144 Å². The summed E-state index contributed by atoms with van der Waals surface area (Å²) < 4.78 is 11.5. The van der Waals surface area contributed by atoms with Gasteiger partial charge >= 0.3 is 0 Å². The number of hydrogen-bond acceptors (Lipinski definition) is 4. The Morgan fingerprint density at radius 1 is 1.12 bits per heavy atom. The molecule has 0 unspecified atom stereocenters. The van der Waals surface area contributed by atoms with Crippen molar-refractivity contribution in [2.75, 3.05) is 27.2 Å². The van der Waals surface area contributed by atoms with Gasteiger partial charge in [-0.2, -0.15) is 0 Å². The summed E-state index contributed by atoms with van der Waals surface area (Å²) >= 11 is 0. The van der Waals surface area contributed by atoms with E-state index in [-0.39, 0.29) is 12.0 Å². The highest BCUT2D eigenvalue weighted by atomic mass is 16.5. The molecule has 1 aromatic rings. The van der Waals surface area contributed by atoms with Gasteiger partial charge in [0.05, 0.1) is 13.2 Å². The van der Waals surface area contributed by atoms with Gasteiger partial charge in [-0.25, -0.2) is 0 Å². The zero-order chi connectivity index (χ0) is 16.9. The lowest BCUT2D eigenvalue weighted by molar-refractivity contribution is 0.0707.